The maximum absolute atomic E-state index is 13.5. The lowest BCUT2D eigenvalue weighted by Gasteiger charge is -2.30. The maximum atomic E-state index is 13.5. The summed E-state index contributed by atoms with van der Waals surface area (Å²) in [6.07, 6.45) is 1.42. The fourth-order valence-electron chi connectivity index (χ4n) is 2.92. The first kappa shape index (κ1) is 14.4. The van der Waals surface area contributed by atoms with Crippen LogP contribution in [0.2, 0.25) is 5.02 Å². The first-order chi connectivity index (χ1) is 10.2. The molecule has 2 aromatic carbocycles. The van der Waals surface area contributed by atoms with Gasteiger partial charge in [0.1, 0.15) is 11.6 Å². The maximum Gasteiger partial charge on any atom is 0.142 e. The van der Waals surface area contributed by atoms with Crippen molar-refractivity contribution in [2.45, 2.75) is 24.8 Å². The SMILES string of the molecule is NC(Cc1cccc(F)c1Cl)C1CCOc2ccccc21. The molecule has 2 atom stereocenters. The predicted molar refractivity (Wildman–Crippen MR) is 82.4 cm³/mol. The van der Waals surface area contributed by atoms with E-state index >= 15 is 0 Å². The molecular weight excluding hydrogens is 289 g/mol. The number of benzene rings is 2. The van der Waals surface area contributed by atoms with Gasteiger partial charge in [-0.25, -0.2) is 4.39 Å². The number of halogens is 2. The minimum absolute atomic E-state index is 0.116. The Morgan fingerprint density at radius 2 is 2.05 bits per heavy atom. The average molecular weight is 306 g/mol. The smallest absolute Gasteiger partial charge is 0.142 e. The van der Waals surface area contributed by atoms with Gasteiger partial charge in [0, 0.05) is 12.0 Å². The minimum atomic E-state index is -0.395. The highest BCUT2D eigenvalue weighted by Gasteiger charge is 2.27. The highest BCUT2D eigenvalue weighted by atomic mass is 35.5. The molecule has 1 heterocycles. The zero-order chi connectivity index (χ0) is 14.8. The molecule has 2 aromatic rings. The Morgan fingerprint density at radius 3 is 2.90 bits per heavy atom. The molecule has 0 aliphatic carbocycles. The van der Waals surface area contributed by atoms with Gasteiger partial charge in [0.15, 0.2) is 0 Å². The summed E-state index contributed by atoms with van der Waals surface area (Å²) >= 11 is 6.02. The van der Waals surface area contributed by atoms with E-state index in [1.54, 1.807) is 6.07 Å². The number of rotatable bonds is 3. The van der Waals surface area contributed by atoms with Crippen molar-refractivity contribution in [1.82, 2.24) is 0 Å². The summed E-state index contributed by atoms with van der Waals surface area (Å²) in [6.45, 7) is 0.659. The van der Waals surface area contributed by atoms with E-state index in [1.807, 2.05) is 30.3 Å². The van der Waals surface area contributed by atoms with Crippen LogP contribution in [0.25, 0.3) is 0 Å². The number of nitrogens with two attached hydrogens (primary N) is 1. The molecular formula is C17H17ClFNO. The van der Waals surface area contributed by atoms with E-state index in [1.165, 1.54) is 6.07 Å². The topological polar surface area (TPSA) is 35.2 Å². The van der Waals surface area contributed by atoms with Gasteiger partial charge in [-0.2, -0.15) is 0 Å². The van der Waals surface area contributed by atoms with Crippen molar-refractivity contribution in [3.8, 4) is 5.75 Å². The lowest BCUT2D eigenvalue weighted by Crippen LogP contribution is -2.34. The summed E-state index contributed by atoms with van der Waals surface area (Å²) < 4.78 is 19.2. The highest BCUT2D eigenvalue weighted by Crippen LogP contribution is 2.36. The van der Waals surface area contributed by atoms with Gasteiger partial charge in [-0.1, -0.05) is 41.9 Å². The lowest BCUT2D eigenvalue weighted by atomic mass is 9.84. The third kappa shape index (κ3) is 2.89. The summed E-state index contributed by atoms with van der Waals surface area (Å²) in [4.78, 5) is 0. The number of hydrogen-bond donors (Lipinski definition) is 1. The van der Waals surface area contributed by atoms with E-state index in [-0.39, 0.29) is 17.0 Å². The van der Waals surface area contributed by atoms with Gasteiger partial charge < -0.3 is 10.5 Å². The van der Waals surface area contributed by atoms with Crippen molar-refractivity contribution in [3.05, 3.63) is 64.4 Å². The predicted octanol–water partition coefficient (Wildman–Crippen LogP) is 3.92. The van der Waals surface area contributed by atoms with Crippen LogP contribution in [-0.2, 0) is 6.42 Å². The fraction of sp³-hybridized carbons (Fsp3) is 0.294. The van der Waals surface area contributed by atoms with E-state index in [9.17, 15) is 4.39 Å². The van der Waals surface area contributed by atoms with Gasteiger partial charge in [-0.3, -0.25) is 0 Å². The Morgan fingerprint density at radius 1 is 1.24 bits per heavy atom. The molecule has 2 nitrogen and oxygen atoms in total. The molecule has 0 saturated heterocycles. The normalized spacial score (nSPS) is 18.7. The molecule has 1 aliphatic heterocycles. The first-order valence-electron chi connectivity index (χ1n) is 7.07. The fourth-order valence-corrected chi connectivity index (χ4v) is 3.12. The van der Waals surface area contributed by atoms with Crippen LogP contribution in [0.3, 0.4) is 0 Å². The van der Waals surface area contributed by atoms with Gasteiger partial charge >= 0.3 is 0 Å². The molecule has 2 N–H and O–H groups in total. The van der Waals surface area contributed by atoms with E-state index < -0.39 is 5.82 Å². The van der Waals surface area contributed by atoms with E-state index in [0.29, 0.717) is 13.0 Å². The van der Waals surface area contributed by atoms with Crippen LogP contribution in [0.1, 0.15) is 23.5 Å². The van der Waals surface area contributed by atoms with Crippen molar-refractivity contribution in [1.29, 1.82) is 0 Å². The monoisotopic (exact) mass is 305 g/mol. The van der Waals surface area contributed by atoms with Gasteiger partial charge in [-0.15, -0.1) is 0 Å². The van der Waals surface area contributed by atoms with Crippen LogP contribution in [0.4, 0.5) is 4.39 Å². The van der Waals surface area contributed by atoms with Crippen LogP contribution < -0.4 is 10.5 Å². The molecule has 4 heteroatoms. The Labute approximate surface area is 128 Å². The molecule has 3 rings (SSSR count). The van der Waals surface area contributed by atoms with E-state index in [2.05, 4.69) is 0 Å². The van der Waals surface area contributed by atoms with Crippen molar-refractivity contribution in [2.24, 2.45) is 5.73 Å². The second kappa shape index (κ2) is 6.04. The minimum Gasteiger partial charge on any atom is -0.493 e. The molecule has 21 heavy (non-hydrogen) atoms. The van der Waals surface area contributed by atoms with Crippen LogP contribution >= 0.6 is 11.6 Å². The summed E-state index contributed by atoms with van der Waals surface area (Å²) in [6, 6.07) is 12.7. The first-order valence-corrected chi connectivity index (χ1v) is 7.45. The molecule has 0 spiro atoms. The molecule has 2 unspecified atom stereocenters. The summed E-state index contributed by atoms with van der Waals surface area (Å²) in [5, 5.41) is 0.174. The van der Waals surface area contributed by atoms with Crippen molar-refractivity contribution in [3.63, 3.8) is 0 Å². The molecule has 0 bridgehead atoms. The Bertz CT molecular complexity index is 646. The highest BCUT2D eigenvalue weighted by molar-refractivity contribution is 6.31. The molecule has 0 amide bonds. The van der Waals surface area contributed by atoms with Gasteiger partial charge in [0.2, 0.25) is 0 Å². The second-order valence-corrected chi connectivity index (χ2v) is 5.74. The van der Waals surface area contributed by atoms with Crippen LogP contribution in [0.5, 0.6) is 5.75 Å². The van der Waals surface area contributed by atoms with Crippen LogP contribution in [0, 0.1) is 5.82 Å². The standard InChI is InChI=1S/C17H17ClFNO/c18-17-11(4-3-6-14(17)19)10-15(20)12-8-9-21-16-7-2-1-5-13(12)16/h1-7,12,15H,8-10,20H2. The zero-order valence-electron chi connectivity index (χ0n) is 11.6. The summed E-state index contributed by atoms with van der Waals surface area (Å²) in [5.74, 6) is 0.706. The van der Waals surface area contributed by atoms with Gasteiger partial charge in [-0.05, 0) is 36.1 Å². The molecule has 0 fully saturated rings. The van der Waals surface area contributed by atoms with Gasteiger partial charge in [0.25, 0.3) is 0 Å². The van der Waals surface area contributed by atoms with Crippen LogP contribution in [-0.4, -0.2) is 12.6 Å². The Kier molecular flexibility index (Phi) is 4.13. The quantitative estimate of drug-likeness (QED) is 0.933. The average Bonchev–Trinajstić information content (AvgIpc) is 2.51. The molecule has 110 valence electrons. The zero-order valence-corrected chi connectivity index (χ0v) is 12.3. The number of hydrogen-bond acceptors (Lipinski definition) is 2. The van der Waals surface area contributed by atoms with Crippen LogP contribution in [0.15, 0.2) is 42.5 Å². The largest absolute Gasteiger partial charge is 0.493 e. The Balaban J connectivity index is 1.83. The van der Waals surface area contributed by atoms with Crippen molar-refractivity contribution < 1.29 is 9.13 Å². The molecule has 0 aromatic heterocycles. The third-order valence-corrected chi connectivity index (χ3v) is 4.43. The Hall–Kier alpha value is -1.58. The summed E-state index contributed by atoms with van der Waals surface area (Å²) in [5.41, 5.74) is 8.26. The lowest BCUT2D eigenvalue weighted by molar-refractivity contribution is 0.254. The van der Waals surface area contributed by atoms with Crippen molar-refractivity contribution in [2.75, 3.05) is 6.61 Å². The van der Waals surface area contributed by atoms with Gasteiger partial charge in [0.05, 0.1) is 11.6 Å². The summed E-state index contributed by atoms with van der Waals surface area (Å²) in [7, 11) is 0. The molecule has 1 aliphatic rings. The second-order valence-electron chi connectivity index (χ2n) is 5.36. The van der Waals surface area contributed by atoms with E-state index in [4.69, 9.17) is 22.1 Å². The van der Waals surface area contributed by atoms with E-state index in [0.717, 1.165) is 23.3 Å². The third-order valence-electron chi connectivity index (χ3n) is 4.01. The molecule has 0 radical (unpaired) electrons. The number of fused-ring (bicyclic) bond motifs is 1. The van der Waals surface area contributed by atoms with Crippen molar-refractivity contribution >= 4 is 11.6 Å². The molecule has 0 saturated carbocycles. The number of ether oxygens (including phenoxy) is 1. The number of para-hydroxylation sites is 1.